The molecule has 0 radical (unpaired) electrons. The maximum absolute atomic E-state index is 12.7. The first kappa shape index (κ1) is 32.8. The van der Waals surface area contributed by atoms with Crippen molar-refractivity contribution in [2.24, 2.45) is 33.3 Å². The van der Waals surface area contributed by atoms with Crippen LogP contribution in [0.5, 0.6) is 11.5 Å². The number of amides is 1. The fraction of sp³-hybridized carbons (Fsp3) is 0.667. The Morgan fingerprint density at radius 2 is 1.50 bits per heavy atom. The van der Waals surface area contributed by atoms with Crippen LogP contribution in [-0.4, -0.2) is 23.0 Å². The van der Waals surface area contributed by atoms with Gasteiger partial charge in [0.1, 0.15) is 0 Å². The van der Waals surface area contributed by atoms with Gasteiger partial charge in [-0.05, 0) is 97.6 Å². The minimum absolute atomic E-state index is 0.00773. The van der Waals surface area contributed by atoms with Crippen LogP contribution in [0.2, 0.25) is 0 Å². The first-order valence-electron chi connectivity index (χ1n) is 16.1. The van der Waals surface area contributed by atoms with E-state index in [1.807, 2.05) is 19.9 Å². The third-order valence-electron chi connectivity index (χ3n) is 12.8. The summed E-state index contributed by atoms with van der Waals surface area (Å²) in [6, 6.07) is 1.89. The van der Waals surface area contributed by atoms with Crippen molar-refractivity contribution in [3.63, 3.8) is 0 Å². The second-order valence-corrected chi connectivity index (χ2v) is 16.7. The van der Waals surface area contributed by atoms with E-state index in [2.05, 4.69) is 33.8 Å². The molecule has 7 atom stereocenters. The van der Waals surface area contributed by atoms with Crippen molar-refractivity contribution in [1.29, 1.82) is 0 Å². The number of carbonyl (C=O) groups excluding carboxylic acids is 4. The van der Waals surface area contributed by atoms with Gasteiger partial charge in [0.25, 0.3) is 0 Å². The molecule has 2 N–H and O–H groups in total. The highest BCUT2D eigenvalue weighted by Gasteiger charge is 2.66. The summed E-state index contributed by atoms with van der Waals surface area (Å²) in [5.41, 5.74) is 9.11. The molecule has 4 aliphatic carbocycles. The number of nitrogens with two attached hydrogens (primary N) is 1. The fourth-order valence-electron chi connectivity index (χ4n) is 9.92. The number of fused-ring (bicyclic) bond motifs is 7. The number of thioether (sulfide) groups is 1. The van der Waals surface area contributed by atoms with E-state index in [1.54, 1.807) is 6.92 Å². The number of benzene rings is 1. The summed E-state index contributed by atoms with van der Waals surface area (Å²) in [6.07, 6.45) is 9.91. The molecule has 4 aliphatic rings. The lowest BCUT2D eigenvalue weighted by molar-refractivity contribution is -0.134. The number of hydrogen-bond acceptors (Lipinski definition) is 7. The Labute approximate surface area is 266 Å². The average Bonchev–Trinajstić information content (AvgIpc) is 3.05. The predicted molar refractivity (Wildman–Crippen MR) is 172 cm³/mol. The zero-order valence-corrected chi connectivity index (χ0v) is 28.7. The molecule has 5 rings (SSSR count). The van der Waals surface area contributed by atoms with E-state index in [0.717, 1.165) is 62.5 Å². The van der Waals surface area contributed by atoms with Gasteiger partial charge in [-0.25, -0.2) is 0 Å². The summed E-state index contributed by atoms with van der Waals surface area (Å²) in [5.74, 6) is -0.288. The lowest BCUT2D eigenvalue weighted by Gasteiger charge is -2.68. The topological polar surface area (TPSA) is 113 Å². The van der Waals surface area contributed by atoms with Gasteiger partial charge >= 0.3 is 11.9 Å². The summed E-state index contributed by atoms with van der Waals surface area (Å²) in [7, 11) is 0. The summed E-state index contributed by atoms with van der Waals surface area (Å²) in [4.78, 5) is 49.6. The third kappa shape index (κ3) is 4.85. The lowest BCUT2D eigenvalue weighted by Crippen LogP contribution is -2.60. The van der Waals surface area contributed by atoms with Crippen LogP contribution in [-0.2, 0) is 24.6 Å². The van der Waals surface area contributed by atoms with Crippen LogP contribution in [0, 0.1) is 34.5 Å². The van der Waals surface area contributed by atoms with Gasteiger partial charge in [-0.15, -0.1) is 0 Å². The zero-order chi connectivity index (χ0) is 32.6. The first-order chi connectivity index (χ1) is 20.3. The Morgan fingerprint density at radius 1 is 0.864 bits per heavy atom. The Morgan fingerprint density at radius 3 is 2.09 bits per heavy atom. The Balaban J connectivity index is 1.69. The van der Waals surface area contributed by atoms with E-state index in [-0.39, 0.29) is 49.4 Å². The Bertz CT molecular complexity index is 1480. The third-order valence-corrected chi connectivity index (χ3v) is 13.7. The van der Waals surface area contributed by atoms with Crippen molar-refractivity contribution in [2.45, 2.75) is 124 Å². The second kappa shape index (κ2) is 10.7. The number of allylic oxidation sites excluding steroid dienone is 1. The number of ether oxygens (including phenoxy) is 2. The Hall–Kier alpha value is -2.61. The monoisotopic (exact) mass is 623 g/mol. The molecule has 3 saturated carbocycles. The largest absolute Gasteiger partial charge is 0.423 e. The van der Waals surface area contributed by atoms with Crippen LogP contribution in [0.3, 0.4) is 0 Å². The number of esters is 2. The smallest absolute Gasteiger partial charge is 0.308 e. The number of primary amides is 1. The normalized spacial score (nSPS) is 37.6. The summed E-state index contributed by atoms with van der Waals surface area (Å²) in [5, 5.41) is -0.264. The summed E-state index contributed by atoms with van der Waals surface area (Å²) in [6.45, 7) is 17.8. The van der Waals surface area contributed by atoms with Crippen LogP contribution >= 0.6 is 11.8 Å². The second-order valence-electron chi connectivity index (χ2n) is 15.3. The molecule has 0 saturated heterocycles. The fourth-order valence-corrected chi connectivity index (χ4v) is 10.9. The zero-order valence-electron chi connectivity index (χ0n) is 27.9. The molecule has 0 aliphatic heterocycles. The number of rotatable bonds is 4. The van der Waals surface area contributed by atoms with E-state index < -0.39 is 17.4 Å². The quantitative estimate of drug-likeness (QED) is 0.208. The molecule has 1 amide bonds. The average molecular weight is 624 g/mol. The predicted octanol–water partition coefficient (Wildman–Crippen LogP) is 7.65. The van der Waals surface area contributed by atoms with Gasteiger partial charge in [-0.3, -0.25) is 19.2 Å². The van der Waals surface area contributed by atoms with Crippen molar-refractivity contribution in [2.75, 3.05) is 0 Å². The molecule has 8 heteroatoms. The van der Waals surface area contributed by atoms with Crippen LogP contribution in [0.15, 0.2) is 17.7 Å². The lowest BCUT2D eigenvalue weighted by atomic mass is 9.36. The molecule has 0 bridgehead atoms. The molecule has 0 aromatic heterocycles. The van der Waals surface area contributed by atoms with Gasteiger partial charge in [0.05, 0.1) is 5.25 Å². The molecule has 240 valence electrons. The van der Waals surface area contributed by atoms with E-state index in [1.165, 1.54) is 31.2 Å². The maximum Gasteiger partial charge on any atom is 0.308 e. The highest BCUT2D eigenvalue weighted by Crippen LogP contribution is 2.74. The van der Waals surface area contributed by atoms with Crippen LogP contribution in [0.1, 0.15) is 129 Å². The van der Waals surface area contributed by atoms with E-state index >= 15 is 0 Å². The number of hydrogen-bond donors (Lipinski definition) is 1. The van der Waals surface area contributed by atoms with Gasteiger partial charge in [-0.2, -0.15) is 0 Å². The molecule has 0 spiro atoms. The van der Waals surface area contributed by atoms with E-state index in [0.29, 0.717) is 11.5 Å². The number of carbonyl (C=O) groups is 4. The SMILES string of the molecule is CC(=O)Oc1cc2c(c(C)c1OC(C)=O)C(SC(C)=O)C=C1[C@@]2(C)CC[C@@]2(C)[C@H]3CCC(C)(C(N)=O)CC[C@]3(C)CC[C@]12C. The van der Waals surface area contributed by atoms with Gasteiger partial charge in [0, 0.05) is 37.2 Å². The maximum atomic E-state index is 12.7. The van der Waals surface area contributed by atoms with Crippen molar-refractivity contribution in [1.82, 2.24) is 0 Å². The molecule has 2 unspecified atom stereocenters. The standard InChI is InChI=1S/C36H49NO6S/c1-20-29-24(18-25(42-21(2)38)30(20)43-22(3)39)34(7)15-17-35(8)27-10-11-33(6,31(37)41)13-12-32(27,5)14-16-36(35,9)28(34)19-26(29)44-23(4)40/h18-19,26-27H,10-17H2,1-9H3,(H2,37,41)/t26?,27-,32+,33?,34-,35-,36+/m0/s1. The van der Waals surface area contributed by atoms with Gasteiger partial charge in [0.15, 0.2) is 16.6 Å². The molecular formula is C36H49NO6S. The van der Waals surface area contributed by atoms with Crippen LogP contribution in [0.25, 0.3) is 0 Å². The molecule has 1 aromatic carbocycles. The van der Waals surface area contributed by atoms with Crippen LogP contribution < -0.4 is 15.2 Å². The molecule has 1 aromatic rings. The minimum atomic E-state index is -0.502. The van der Waals surface area contributed by atoms with E-state index in [4.69, 9.17) is 15.2 Å². The van der Waals surface area contributed by atoms with Gasteiger partial charge in [0.2, 0.25) is 5.91 Å². The van der Waals surface area contributed by atoms with Crippen molar-refractivity contribution in [3.05, 3.63) is 34.4 Å². The van der Waals surface area contributed by atoms with Gasteiger partial charge < -0.3 is 15.2 Å². The Kier molecular flexibility index (Phi) is 8.00. The van der Waals surface area contributed by atoms with Crippen LogP contribution in [0.4, 0.5) is 0 Å². The molecule has 7 nitrogen and oxygen atoms in total. The van der Waals surface area contributed by atoms with E-state index in [9.17, 15) is 19.2 Å². The molecule has 0 heterocycles. The first-order valence-corrected chi connectivity index (χ1v) is 16.9. The summed E-state index contributed by atoms with van der Waals surface area (Å²) < 4.78 is 11.3. The molecule has 44 heavy (non-hydrogen) atoms. The van der Waals surface area contributed by atoms with Crippen molar-refractivity contribution in [3.8, 4) is 11.5 Å². The van der Waals surface area contributed by atoms with Crippen molar-refractivity contribution >= 4 is 34.7 Å². The molecular weight excluding hydrogens is 574 g/mol. The highest BCUT2D eigenvalue weighted by molar-refractivity contribution is 8.13. The van der Waals surface area contributed by atoms with Gasteiger partial charge in [-0.1, -0.05) is 58.0 Å². The molecule has 3 fully saturated rings. The highest BCUT2D eigenvalue weighted by atomic mass is 32.2. The minimum Gasteiger partial charge on any atom is -0.423 e. The summed E-state index contributed by atoms with van der Waals surface area (Å²) >= 11 is 1.28. The van der Waals surface area contributed by atoms with Crippen molar-refractivity contribution < 1.29 is 28.7 Å².